The van der Waals surface area contributed by atoms with Crippen molar-refractivity contribution in [2.45, 2.75) is 45.3 Å². The lowest BCUT2D eigenvalue weighted by molar-refractivity contribution is 0.00578. The van der Waals surface area contributed by atoms with Crippen molar-refractivity contribution >= 4 is 18.3 Å². The van der Waals surface area contributed by atoms with Gasteiger partial charge in [-0.15, -0.1) is 0 Å². The highest BCUT2D eigenvalue weighted by atomic mass is 16.7. The van der Waals surface area contributed by atoms with E-state index in [0.29, 0.717) is 0 Å². The number of rotatable bonds is 1. The van der Waals surface area contributed by atoms with Crippen molar-refractivity contribution in [2.75, 3.05) is 11.9 Å². The molecule has 0 spiro atoms. The Labute approximate surface area is 109 Å². The first-order valence-corrected chi connectivity index (χ1v) is 6.62. The number of hydrogen-bond acceptors (Lipinski definition) is 3. The van der Waals surface area contributed by atoms with Crippen LogP contribution < -0.4 is 10.8 Å². The first-order chi connectivity index (χ1) is 8.41. The van der Waals surface area contributed by atoms with Crippen LogP contribution in [0.15, 0.2) is 18.2 Å². The van der Waals surface area contributed by atoms with Crippen molar-refractivity contribution in [2.24, 2.45) is 0 Å². The van der Waals surface area contributed by atoms with E-state index in [0.717, 1.165) is 18.4 Å². The maximum atomic E-state index is 6.11. The lowest BCUT2D eigenvalue weighted by Crippen LogP contribution is -2.41. The van der Waals surface area contributed by atoms with Gasteiger partial charge in [0, 0.05) is 17.7 Å². The smallest absolute Gasteiger partial charge is 0.399 e. The fraction of sp³-hybridized carbons (Fsp3) is 0.571. The van der Waals surface area contributed by atoms with Gasteiger partial charge in [0.2, 0.25) is 0 Å². The molecule has 0 bridgehead atoms. The van der Waals surface area contributed by atoms with Gasteiger partial charge in [0.25, 0.3) is 0 Å². The average molecular weight is 245 g/mol. The van der Waals surface area contributed by atoms with Crippen molar-refractivity contribution in [3.05, 3.63) is 23.8 Å². The summed E-state index contributed by atoms with van der Waals surface area (Å²) >= 11 is 0. The van der Waals surface area contributed by atoms with E-state index >= 15 is 0 Å². The molecular weight excluding hydrogens is 225 g/mol. The number of anilines is 1. The van der Waals surface area contributed by atoms with E-state index in [1.54, 1.807) is 0 Å². The molecule has 1 aromatic carbocycles. The predicted molar refractivity (Wildman–Crippen MR) is 74.4 cm³/mol. The van der Waals surface area contributed by atoms with E-state index in [1.807, 2.05) is 0 Å². The van der Waals surface area contributed by atoms with Crippen molar-refractivity contribution in [3.63, 3.8) is 0 Å². The van der Waals surface area contributed by atoms with Crippen LogP contribution in [0.2, 0.25) is 0 Å². The van der Waals surface area contributed by atoms with Crippen LogP contribution in [0.3, 0.4) is 0 Å². The molecule has 96 valence electrons. The quantitative estimate of drug-likeness (QED) is 0.767. The summed E-state index contributed by atoms with van der Waals surface area (Å²) in [5.41, 5.74) is 3.14. The average Bonchev–Trinajstić information content (AvgIpc) is 2.81. The topological polar surface area (TPSA) is 30.5 Å². The monoisotopic (exact) mass is 245 g/mol. The third kappa shape index (κ3) is 1.67. The molecule has 0 atom stereocenters. The molecule has 2 heterocycles. The largest absolute Gasteiger partial charge is 0.496 e. The molecule has 1 fully saturated rings. The van der Waals surface area contributed by atoms with Gasteiger partial charge in [0.15, 0.2) is 0 Å². The Morgan fingerprint density at radius 1 is 1.11 bits per heavy atom. The minimum Gasteiger partial charge on any atom is -0.399 e. The van der Waals surface area contributed by atoms with Gasteiger partial charge in [0.1, 0.15) is 0 Å². The standard InChI is InChI=1S/C14H20BNO2/c1-13(2)14(3,4)18-15(17-13)11-7-5-6-10-8-9-16-12(10)11/h5-7,16H,8-9H2,1-4H3. The Hall–Kier alpha value is -0.995. The Morgan fingerprint density at radius 3 is 2.44 bits per heavy atom. The SMILES string of the molecule is CC1(C)OB(c2cccc3c2NCC3)OC1(C)C. The van der Waals surface area contributed by atoms with Crippen LogP contribution in [0.25, 0.3) is 0 Å². The van der Waals surface area contributed by atoms with Crippen molar-refractivity contribution in [1.29, 1.82) is 0 Å². The normalized spacial score (nSPS) is 23.9. The third-order valence-corrected chi connectivity index (χ3v) is 4.39. The van der Waals surface area contributed by atoms with Crippen LogP contribution in [-0.4, -0.2) is 24.9 Å². The molecule has 0 radical (unpaired) electrons. The summed E-state index contributed by atoms with van der Waals surface area (Å²) in [6.07, 6.45) is 1.09. The first-order valence-electron chi connectivity index (χ1n) is 6.62. The minimum absolute atomic E-state index is 0.268. The van der Waals surface area contributed by atoms with Gasteiger partial charge >= 0.3 is 7.12 Å². The molecule has 1 N–H and O–H groups in total. The van der Waals surface area contributed by atoms with Gasteiger partial charge in [-0.05, 0) is 39.7 Å². The van der Waals surface area contributed by atoms with E-state index in [-0.39, 0.29) is 18.3 Å². The van der Waals surface area contributed by atoms with Gasteiger partial charge < -0.3 is 14.6 Å². The predicted octanol–water partition coefficient (Wildman–Crippen LogP) is 1.95. The molecule has 1 saturated heterocycles. The van der Waals surface area contributed by atoms with Crippen molar-refractivity contribution in [1.82, 2.24) is 0 Å². The molecule has 3 nitrogen and oxygen atoms in total. The first kappa shape index (κ1) is 12.1. The molecule has 2 aliphatic heterocycles. The highest BCUT2D eigenvalue weighted by Gasteiger charge is 2.52. The van der Waals surface area contributed by atoms with E-state index in [1.165, 1.54) is 11.3 Å². The Balaban J connectivity index is 1.97. The van der Waals surface area contributed by atoms with Gasteiger partial charge in [0.05, 0.1) is 11.2 Å². The Morgan fingerprint density at radius 2 is 1.78 bits per heavy atom. The van der Waals surface area contributed by atoms with Crippen LogP contribution in [0.4, 0.5) is 5.69 Å². The third-order valence-electron chi connectivity index (χ3n) is 4.39. The summed E-state index contributed by atoms with van der Waals surface area (Å²) < 4.78 is 12.2. The number of benzene rings is 1. The van der Waals surface area contributed by atoms with Crippen LogP contribution in [-0.2, 0) is 15.7 Å². The van der Waals surface area contributed by atoms with Gasteiger partial charge in [-0.1, -0.05) is 18.2 Å². The molecule has 0 aromatic heterocycles. The molecule has 18 heavy (non-hydrogen) atoms. The minimum atomic E-state index is -0.279. The second kappa shape index (κ2) is 3.75. The molecule has 0 saturated carbocycles. The maximum Gasteiger partial charge on any atom is 0.496 e. The second-order valence-electron chi connectivity index (χ2n) is 6.15. The van der Waals surface area contributed by atoms with E-state index < -0.39 is 0 Å². The Bertz CT molecular complexity index is 469. The zero-order valence-corrected chi connectivity index (χ0v) is 11.5. The number of para-hydroxylation sites is 1. The van der Waals surface area contributed by atoms with Gasteiger partial charge in [-0.2, -0.15) is 0 Å². The van der Waals surface area contributed by atoms with Crippen molar-refractivity contribution in [3.8, 4) is 0 Å². The van der Waals surface area contributed by atoms with Gasteiger partial charge in [-0.25, -0.2) is 0 Å². The fourth-order valence-electron chi connectivity index (χ4n) is 2.53. The highest BCUT2D eigenvalue weighted by molar-refractivity contribution is 6.64. The van der Waals surface area contributed by atoms with E-state index in [4.69, 9.17) is 9.31 Å². The zero-order chi connectivity index (χ0) is 13.0. The summed E-state index contributed by atoms with van der Waals surface area (Å²) in [6, 6.07) is 6.36. The van der Waals surface area contributed by atoms with Crippen LogP contribution in [0.1, 0.15) is 33.3 Å². The summed E-state index contributed by atoms with van der Waals surface area (Å²) in [5, 5.41) is 3.44. The molecule has 2 aliphatic rings. The Kier molecular flexibility index (Phi) is 2.51. The molecule has 0 aliphatic carbocycles. The number of nitrogens with one attached hydrogen (secondary N) is 1. The summed E-state index contributed by atoms with van der Waals surface area (Å²) in [4.78, 5) is 0. The molecule has 0 amide bonds. The summed E-state index contributed by atoms with van der Waals surface area (Å²) in [7, 11) is -0.268. The zero-order valence-electron chi connectivity index (χ0n) is 11.5. The molecule has 1 aromatic rings. The van der Waals surface area contributed by atoms with Gasteiger partial charge in [-0.3, -0.25) is 0 Å². The van der Waals surface area contributed by atoms with Crippen LogP contribution >= 0.6 is 0 Å². The second-order valence-corrected chi connectivity index (χ2v) is 6.15. The van der Waals surface area contributed by atoms with E-state index in [9.17, 15) is 0 Å². The summed E-state index contributed by atoms with van der Waals surface area (Å²) in [6.45, 7) is 9.35. The van der Waals surface area contributed by atoms with Crippen LogP contribution in [0, 0.1) is 0 Å². The van der Waals surface area contributed by atoms with E-state index in [2.05, 4.69) is 51.2 Å². The lowest BCUT2D eigenvalue weighted by atomic mass is 9.77. The molecule has 3 rings (SSSR count). The lowest BCUT2D eigenvalue weighted by Gasteiger charge is -2.32. The molecule has 0 unspecified atom stereocenters. The van der Waals surface area contributed by atoms with Crippen LogP contribution in [0.5, 0.6) is 0 Å². The van der Waals surface area contributed by atoms with Crippen molar-refractivity contribution < 1.29 is 9.31 Å². The molecular formula is C14H20BNO2. The summed E-state index contributed by atoms with van der Waals surface area (Å²) in [5.74, 6) is 0. The maximum absolute atomic E-state index is 6.11. The number of fused-ring (bicyclic) bond motifs is 1. The fourth-order valence-corrected chi connectivity index (χ4v) is 2.53. The highest BCUT2D eigenvalue weighted by Crippen LogP contribution is 2.37. The molecule has 4 heteroatoms. The number of hydrogen-bond donors (Lipinski definition) is 1.